The molecule has 0 amide bonds. The smallest absolute Gasteiger partial charge is 0.0223 e. The van der Waals surface area contributed by atoms with E-state index >= 15 is 0 Å². The molecule has 1 saturated carbocycles. The zero-order chi connectivity index (χ0) is 12.4. The van der Waals surface area contributed by atoms with Crippen LogP contribution in [0.3, 0.4) is 0 Å². The number of hydrogen-bond acceptors (Lipinski definition) is 3. The number of rotatable bonds is 2. The second-order valence-electron chi connectivity index (χ2n) is 6.31. The maximum atomic E-state index is 2.85. The lowest BCUT2D eigenvalue weighted by molar-refractivity contribution is 0.0203. The first kappa shape index (κ1) is 13.3. The Bertz CT molecular complexity index is 271. The van der Waals surface area contributed by atoms with Gasteiger partial charge in [-0.2, -0.15) is 11.8 Å². The molecule has 2 saturated heterocycles. The molecule has 3 fully saturated rings. The van der Waals surface area contributed by atoms with Crippen molar-refractivity contribution in [3.8, 4) is 0 Å². The quantitative estimate of drug-likeness (QED) is 0.760. The highest BCUT2D eigenvalue weighted by Gasteiger charge is 2.35. The Morgan fingerprint density at radius 3 is 2.50 bits per heavy atom. The molecule has 3 heteroatoms. The molecule has 0 aromatic carbocycles. The van der Waals surface area contributed by atoms with E-state index in [0.717, 1.165) is 17.3 Å². The Labute approximate surface area is 116 Å². The normalized spacial score (nSPS) is 39.5. The summed E-state index contributed by atoms with van der Waals surface area (Å²) in [6.07, 6.45) is 12.5. The van der Waals surface area contributed by atoms with Gasteiger partial charge in [0.1, 0.15) is 0 Å². The molecule has 0 radical (unpaired) electrons. The minimum atomic E-state index is 0.886. The molecule has 3 unspecified atom stereocenters. The Kier molecular flexibility index (Phi) is 4.53. The molecule has 18 heavy (non-hydrogen) atoms. The molecule has 3 atom stereocenters. The summed E-state index contributed by atoms with van der Waals surface area (Å²) >= 11 is 2.12. The summed E-state index contributed by atoms with van der Waals surface area (Å²) in [5.74, 6) is 0. The third kappa shape index (κ3) is 2.73. The van der Waals surface area contributed by atoms with Gasteiger partial charge in [0.05, 0.1) is 0 Å². The van der Waals surface area contributed by atoms with Crippen molar-refractivity contribution in [3.63, 3.8) is 0 Å². The van der Waals surface area contributed by atoms with Crippen molar-refractivity contribution in [2.75, 3.05) is 32.4 Å². The number of nitrogens with zero attached hydrogens (tertiary/aromatic N) is 2. The lowest BCUT2D eigenvalue weighted by Crippen LogP contribution is -2.59. The van der Waals surface area contributed by atoms with Gasteiger partial charge in [-0.15, -0.1) is 0 Å². The second-order valence-corrected chi connectivity index (χ2v) is 7.38. The summed E-state index contributed by atoms with van der Waals surface area (Å²) < 4.78 is 0. The van der Waals surface area contributed by atoms with E-state index in [0.29, 0.717) is 0 Å². The first-order valence-corrected chi connectivity index (χ1v) is 9.18. The van der Waals surface area contributed by atoms with Gasteiger partial charge in [-0.1, -0.05) is 19.3 Å². The molecule has 2 heterocycles. The summed E-state index contributed by atoms with van der Waals surface area (Å²) in [6, 6.07) is 1.77. The zero-order valence-electron chi connectivity index (χ0n) is 11.8. The predicted octanol–water partition coefficient (Wildman–Crippen LogP) is 2.83. The fourth-order valence-electron chi connectivity index (χ4n) is 4.25. The molecular weight excluding hydrogens is 240 g/mol. The number of piperazine rings is 1. The van der Waals surface area contributed by atoms with Crippen LogP contribution in [0.2, 0.25) is 0 Å². The summed E-state index contributed by atoms with van der Waals surface area (Å²) in [5.41, 5.74) is 0. The van der Waals surface area contributed by atoms with Crippen molar-refractivity contribution in [1.82, 2.24) is 9.80 Å². The van der Waals surface area contributed by atoms with Crippen molar-refractivity contribution in [2.24, 2.45) is 0 Å². The van der Waals surface area contributed by atoms with E-state index in [1.807, 2.05) is 0 Å². The number of hydrogen-bond donors (Lipinski definition) is 0. The van der Waals surface area contributed by atoms with Crippen LogP contribution in [0, 0.1) is 0 Å². The lowest BCUT2D eigenvalue weighted by atomic mass is 9.91. The molecule has 0 N–H and O–H groups in total. The van der Waals surface area contributed by atoms with Crippen molar-refractivity contribution >= 4 is 11.8 Å². The standard InChI is InChI=1S/C15H28N2S/c1-18-15-8-3-2-7-14(15)17-11-10-16-9-5-4-6-13(16)12-17/h13-15H,2-12H2,1H3. The monoisotopic (exact) mass is 268 g/mol. The molecule has 0 aromatic rings. The maximum Gasteiger partial charge on any atom is 0.0223 e. The topological polar surface area (TPSA) is 6.48 Å². The Hall–Kier alpha value is 0.270. The van der Waals surface area contributed by atoms with E-state index in [1.54, 1.807) is 0 Å². The minimum absolute atomic E-state index is 0.886. The average Bonchev–Trinajstić information content (AvgIpc) is 2.46. The molecule has 0 bridgehead atoms. The average molecular weight is 268 g/mol. The SMILES string of the molecule is CSC1CCCCC1N1CCN2CCCCC2C1. The molecule has 3 aliphatic rings. The van der Waals surface area contributed by atoms with Gasteiger partial charge < -0.3 is 0 Å². The summed E-state index contributed by atoms with van der Waals surface area (Å²) in [7, 11) is 0. The van der Waals surface area contributed by atoms with Gasteiger partial charge in [-0.25, -0.2) is 0 Å². The molecule has 0 spiro atoms. The van der Waals surface area contributed by atoms with Crippen LogP contribution < -0.4 is 0 Å². The van der Waals surface area contributed by atoms with Crippen molar-refractivity contribution < 1.29 is 0 Å². The predicted molar refractivity (Wildman–Crippen MR) is 80.3 cm³/mol. The van der Waals surface area contributed by atoms with Gasteiger partial charge in [-0.05, 0) is 38.5 Å². The first-order valence-electron chi connectivity index (χ1n) is 7.89. The van der Waals surface area contributed by atoms with E-state index in [1.165, 1.54) is 71.1 Å². The number of thioether (sulfide) groups is 1. The van der Waals surface area contributed by atoms with E-state index < -0.39 is 0 Å². The molecule has 104 valence electrons. The van der Waals surface area contributed by atoms with Crippen LogP contribution >= 0.6 is 11.8 Å². The van der Waals surface area contributed by atoms with Crippen molar-refractivity contribution in [2.45, 2.75) is 62.3 Å². The van der Waals surface area contributed by atoms with Gasteiger partial charge in [0.2, 0.25) is 0 Å². The van der Waals surface area contributed by atoms with E-state index in [-0.39, 0.29) is 0 Å². The first-order chi connectivity index (χ1) is 8.88. The highest BCUT2D eigenvalue weighted by molar-refractivity contribution is 7.99. The Morgan fingerprint density at radius 1 is 0.833 bits per heavy atom. The van der Waals surface area contributed by atoms with Crippen LogP contribution in [0.25, 0.3) is 0 Å². The fourth-order valence-corrected chi connectivity index (χ4v) is 5.28. The fraction of sp³-hybridized carbons (Fsp3) is 1.00. The second kappa shape index (κ2) is 6.15. The summed E-state index contributed by atoms with van der Waals surface area (Å²) in [4.78, 5) is 5.61. The number of piperidine rings is 1. The lowest BCUT2D eigenvalue weighted by Gasteiger charge is -2.49. The van der Waals surface area contributed by atoms with Gasteiger partial charge in [0.25, 0.3) is 0 Å². The van der Waals surface area contributed by atoms with Crippen molar-refractivity contribution in [1.29, 1.82) is 0 Å². The third-order valence-electron chi connectivity index (χ3n) is 5.31. The van der Waals surface area contributed by atoms with Crippen LogP contribution in [-0.4, -0.2) is 59.6 Å². The maximum absolute atomic E-state index is 2.85. The summed E-state index contributed by atoms with van der Waals surface area (Å²) in [6.45, 7) is 5.40. The van der Waals surface area contributed by atoms with E-state index in [2.05, 4.69) is 27.8 Å². The minimum Gasteiger partial charge on any atom is -0.298 e. The highest BCUT2D eigenvalue weighted by atomic mass is 32.2. The van der Waals surface area contributed by atoms with E-state index in [4.69, 9.17) is 0 Å². The van der Waals surface area contributed by atoms with Crippen LogP contribution in [0.4, 0.5) is 0 Å². The highest BCUT2D eigenvalue weighted by Crippen LogP contribution is 2.33. The van der Waals surface area contributed by atoms with Gasteiger partial charge in [0, 0.05) is 37.0 Å². The Morgan fingerprint density at radius 2 is 1.61 bits per heavy atom. The Balaban J connectivity index is 1.61. The number of fused-ring (bicyclic) bond motifs is 1. The van der Waals surface area contributed by atoms with Crippen LogP contribution in [0.15, 0.2) is 0 Å². The van der Waals surface area contributed by atoms with E-state index in [9.17, 15) is 0 Å². The van der Waals surface area contributed by atoms with Crippen molar-refractivity contribution in [3.05, 3.63) is 0 Å². The molecule has 1 aliphatic carbocycles. The van der Waals surface area contributed by atoms with Gasteiger partial charge in [-0.3, -0.25) is 9.80 Å². The third-order valence-corrected chi connectivity index (χ3v) is 6.46. The van der Waals surface area contributed by atoms with Crippen LogP contribution in [-0.2, 0) is 0 Å². The molecule has 2 aliphatic heterocycles. The van der Waals surface area contributed by atoms with Gasteiger partial charge >= 0.3 is 0 Å². The molecule has 3 rings (SSSR count). The van der Waals surface area contributed by atoms with Gasteiger partial charge in [0.15, 0.2) is 0 Å². The summed E-state index contributed by atoms with van der Waals surface area (Å²) in [5, 5.41) is 0.911. The van der Waals surface area contributed by atoms with Crippen LogP contribution in [0.5, 0.6) is 0 Å². The zero-order valence-corrected chi connectivity index (χ0v) is 12.6. The largest absolute Gasteiger partial charge is 0.298 e. The molecule has 2 nitrogen and oxygen atoms in total. The van der Waals surface area contributed by atoms with Crippen LogP contribution in [0.1, 0.15) is 44.9 Å². The molecule has 0 aromatic heterocycles. The molecular formula is C15H28N2S.